The second-order valence-electron chi connectivity index (χ2n) is 3.54. The van der Waals surface area contributed by atoms with Gasteiger partial charge in [0.05, 0.1) is 11.6 Å². The number of aliphatic imine (C=N–C) groups is 1. The predicted octanol–water partition coefficient (Wildman–Crippen LogP) is 1.78. The maximum Gasteiger partial charge on any atom is 0.241 e. The van der Waals surface area contributed by atoms with Crippen molar-refractivity contribution in [1.82, 2.24) is 0 Å². The number of allylic oxidation sites excluding steroid dienone is 1. The summed E-state index contributed by atoms with van der Waals surface area (Å²) in [6.45, 7) is 3.66. The van der Waals surface area contributed by atoms with E-state index in [1.54, 1.807) is 18.4 Å². The van der Waals surface area contributed by atoms with E-state index in [9.17, 15) is 10.1 Å². The van der Waals surface area contributed by atoms with Gasteiger partial charge < -0.3 is 0 Å². The highest BCUT2D eigenvalue weighted by Gasteiger charge is 2.71. The van der Waals surface area contributed by atoms with Crippen molar-refractivity contribution < 1.29 is 4.92 Å². The van der Waals surface area contributed by atoms with E-state index in [4.69, 9.17) is 11.6 Å². The number of nitro groups is 1. The Bertz CT molecular complexity index is 364. The molecule has 1 aliphatic heterocycles. The molecule has 5 heteroatoms. The first kappa shape index (κ1) is 9.40. The summed E-state index contributed by atoms with van der Waals surface area (Å²) >= 11 is 6.12. The quantitative estimate of drug-likeness (QED) is 0.378. The first-order chi connectivity index (χ1) is 6.55. The molecule has 0 aromatic heterocycles. The number of hydrogen-bond acceptors (Lipinski definition) is 3. The third kappa shape index (κ3) is 1.26. The molecule has 0 amide bonds. The van der Waals surface area contributed by atoms with E-state index in [0.29, 0.717) is 12.1 Å². The van der Waals surface area contributed by atoms with Crippen LogP contribution < -0.4 is 0 Å². The molecular weight excluding hydrogens is 204 g/mol. The standard InChI is InChI=1S/C9H9ClN2O2/c1-6-2-4-9(10)7(3-5-11-6)8(9)12(13)14/h2,4-5,7-8H,1,3H2/t7?,8-,9?/m1/s1. The van der Waals surface area contributed by atoms with Gasteiger partial charge in [-0.05, 0) is 12.5 Å². The average molecular weight is 213 g/mol. The third-order valence-corrected chi connectivity index (χ3v) is 3.30. The van der Waals surface area contributed by atoms with Gasteiger partial charge in [0.1, 0.15) is 4.87 Å². The van der Waals surface area contributed by atoms with Gasteiger partial charge in [0.25, 0.3) is 0 Å². The molecule has 14 heavy (non-hydrogen) atoms. The normalized spacial score (nSPS) is 39.9. The minimum absolute atomic E-state index is 0.132. The van der Waals surface area contributed by atoms with Gasteiger partial charge in [-0.2, -0.15) is 0 Å². The molecule has 2 rings (SSSR count). The molecule has 1 aliphatic carbocycles. The lowest BCUT2D eigenvalue weighted by Gasteiger charge is -2.00. The van der Waals surface area contributed by atoms with Gasteiger partial charge in [-0.25, -0.2) is 0 Å². The van der Waals surface area contributed by atoms with Crippen molar-refractivity contribution >= 4 is 17.8 Å². The number of alkyl halides is 1. The van der Waals surface area contributed by atoms with Crippen molar-refractivity contribution in [2.75, 3.05) is 0 Å². The molecule has 0 N–H and O–H groups in total. The van der Waals surface area contributed by atoms with Gasteiger partial charge in [0.15, 0.2) is 0 Å². The molecule has 0 radical (unpaired) electrons. The Hall–Kier alpha value is -1.16. The minimum atomic E-state index is -0.821. The second kappa shape index (κ2) is 2.92. The zero-order chi connectivity index (χ0) is 10.3. The fraction of sp³-hybridized carbons (Fsp3) is 0.444. The fourth-order valence-electron chi connectivity index (χ4n) is 1.82. The topological polar surface area (TPSA) is 55.5 Å². The van der Waals surface area contributed by atoms with Gasteiger partial charge in [0, 0.05) is 11.1 Å². The molecule has 1 saturated carbocycles. The average Bonchev–Trinajstić information content (AvgIpc) is 2.66. The number of hydrogen-bond donors (Lipinski definition) is 0. The summed E-state index contributed by atoms with van der Waals surface area (Å²) < 4.78 is 0. The smallest absolute Gasteiger partial charge is 0.241 e. The number of rotatable bonds is 1. The van der Waals surface area contributed by atoms with Crippen LogP contribution in [0.1, 0.15) is 6.42 Å². The Kier molecular flexibility index (Phi) is 1.96. The molecule has 3 atom stereocenters. The van der Waals surface area contributed by atoms with E-state index in [1.165, 1.54) is 0 Å². The molecule has 2 aliphatic rings. The second-order valence-corrected chi connectivity index (χ2v) is 4.19. The van der Waals surface area contributed by atoms with Crippen molar-refractivity contribution in [3.8, 4) is 0 Å². The maximum absolute atomic E-state index is 10.7. The van der Waals surface area contributed by atoms with Gasteiger partial charge >= 0.3 is 0 Å². The van der Waals surface area contributed by atoms with Crippen LogP contribution in [-0.2, 0) is 0 Å². The lowest BCUT2D eigenvalue weighted by molar-refractivity contribution is -0.499. The summed E-state index contributed by atoms with van der Waals surface area (Å²) in [5, 5.41) is 10.7. The monoisotopic (exact) mass is 212 g/mol. The molecule has 1 fully saturated rings. The first-order valence-corrected chi connectivity index (χ1v) is 4.66. The van der Waals surface area contributed by atoms with Gasteiger partial charge in [-0.15, -0.1) is 11.6 Å². The minimum Gasteiger partial charge on any atom is -0.264 e. The van der Waals surface area contributed by atoms with Gasteiger partial charge in [-0.3, -0.25) is 15.1 Å². The van der Waals surface area contributed by atoms with Crippen LogP contribution in [0.25, 0.3) is 0 Å². The Morgan fingerprint density at radius 3 is 3.14 bits per heavy atom. The zero-order valence-corrected chi connectivity index (χ0v) is 8.15. The Morgan fingerprint density at radius 1 is 1.79 bits per heavy atom. The van der Waals surface area contributed by atoms with Crippen molar-refractivity contribution in [1.29, 1.82) is 0 Å². The molecule has 1 heterocycles. The molecular formula is C9H9ClN2O2. The molecule has 0 spiro atoms. The summed E-state index contributed by atoms with van der Waals surface area (Å²) in [6, 6.07) is -0.683. The summed E-state index contributed by atoms with van der Waals surface area (Å²) in [5.74, 6) is -0.132. The van der Waals surface area contributed by atoms with Crippen LogP contribution in [0.4, 0.5) is 0 Å². The van der Waals surface area contributed by atoms with Crippen molar-refractivity contribution in [3.63, 3.8) is 0 Å². The molecule has 74 valence electrons. The van der Waals surface area contributed by atoms with Crippen molar-refractivity contribution in [2.45, 2.75) is 17.3 Å². The van der Waals surface area contributed by atoms with E-state index in [1.807, 2.05) is 0 Å². The predicted molar refractivity (Wildman–Crippen MR) is 54.2 cm³/mol. The Labute approximate surface area is 86.1 Å². The fourth-order valence-corrected chi connectivity index (χ4v) is 2.26. The molecule has 4 nitrogen and oxygen atoms in total. The van der Waals surface area contributed by atoms with Crippen LogP contribution >= 0.6 is 11.6 Å². The summed E-state index contributed by atoms with van der Waals surface area (Å²) in [7, 11) is 0. The molecule has 0 saturated heterocycles. The molecule has 0 aromatic rings. The molecule has 2 unspecified atom stereocenters. The number of fused-ring (bicyclic) bond motifs is 1. The van der Waals surface area contributed by atoms with Gasteiger partial charge in [-0.1, -0.05) is 12.7 Å². The summed E-state index contributed by atoms with van der Waals surface area (Å²) in [6.07, 6.45) is 5.47. The van der Waals surface area contributed by atoms with Crippen molar-refractivity contribution in [2.24, 2.45) is 10.9 Å². The Balaban J connectivity index is 2.27. The third-order valence-electron chi connectivity index (χ3n) is 2.67. The van der Waals surface area contributed by atoms with Crippen molar-refractivity contribution in [3.05, 3.63) is 34.5 Å². The van der Waals surface area contributed by atoms with Crippen LogP contribution in [-0.4, -0.2) is 22.1 Å². The molecule has 0 bridgehead atoms. The van der Waals surface area contributed by atoms with Crippen LogP contribution in [0.15, 0.2) is 29.4 Å². The van der Waals surface area contributed by atoms with E-state index in [-0.39, 0.29) is 10.8 Å². The highest BCUT2D eigenvalue weighted by Crippen LogP contribution is 2.54. The SMILES string of the molecule is C=C1C=CC2(Cl)C(CC=N1)[C@H]2[N+](=O)[O-]. The van der Waals surface area contributed by atoms with E-state index in [0.717, 1.165) is 0 Å². The lowest BCUT2D eigenvalue weighted by Crippen LogP contribution is -2.11. The van der Waals surface area contributed by atoms with E-state index < -0.39 is 10.9 Å². The number of nitrogens with zero attached hydrogens (tertiary/aromatic N) is 2. The summed E-state index contributed by atoms with van der Waals surface area (Å²) in [4.78, 5) is 13.5. The van der Waals surface area contributed by atoms with Gasteiger partial charge in [0.2, 0.25) is 6.04 Å². The number of halogens is 1. The van der Waals surface area contributed by atoms with E-state index >= 15 is 0 Å². The summed E-state index contributed by atoms with van der Waals surface area (Å²) in [5.41, 5.74) is 0.581. The van der Waals surface area contributed by atoms with E-state index in [2.05, 4.69) is 11.6 Å². The highest BCUT2D eigenvalue weighted by atomic mass is 35.5. The lowest BCUT2D eigenvalue weighted by atomic mass is 10.2. The molecule has 0 aromatic carbocycles. The van der Waals surface area contributed by atoms with Crippen LogP contribution in [0.5, 0.6) is 0 Å². The Morgan fingerprint density at radius 2 is 2.50 bits per heavy atom. The van der Waals surface area contributed by atoms with Crippen LogP contribution in [0.3, 0.4) is 0 Å². The van der Waals surface area contributed by atoms with Crippen LogP contribution in [0.2, 0.25) is 0 Å². The van der Waals surface area contributed by atoms with Crippen LogP contribution in [0, 0.1) is 16.0 Å². The maximum atomic E-state index is 10.7. The highest BCUT2D eigenvalue weighted by molar-refractivity contribution is 6.28. The first-order valence-electron chi connectivity index (χ1n) is 4.29. The largest absolute Gasteiger partial charge is 0.264 e. The zero-order valence-electron chi connectivity index (χ0n) is 7.39.